The molecule has 2 N–H and O–H groups in total. The van der Waals surface area contributed by atoms with Gasteiger partial charge in [-0.1, -0.05) is 17.7 Å². The van der Waals surface area contributed by atoms with Gasteiger partial charge in [0.25, 0.3) is 0 Å². The number of nitrogens with zero attached hydrogens (tertiary/aromatic N) is 1. The number of rotatable bonds is 0. The molecule has 1 aromatic heterocycles. The zero-order chi connectivity index (χ0) is 9.42. The maximum Gasteiger partial charge on any atom is 0.112 e. The minimum absolute atomic E-state index is 0.431. The maximum atomic E-state index is 9.59. The van der Waals surface area contributed by atoms with E-state index in [4.69, 9.17) is 11.6 Å². The van der Waals surface area contributed by atoms with Crippen LogP contribution in [0.2, 0.25) is 5.02 Å². The molecule has 0 unspecified atom stereocenters. The van der Waals surface area contributed by atoms with Crippen molar-refractivity contribution in [2.75, 3.05) is 0 Å². The number of halogens is 1. The lowest BCUT2D eigenvalue weighted by atomic mass is 9.97. The third-order valence-electron chi connectivity index (χ3n) is 2.04. The van der Waals surface area contributed by atoms with Crippen LogP contribution in [-0.4, -0.2) is 21.3 Å². The van der Waals surface area contributed by atoms with Crippen LogP contribution in [0.1, 0.15) is 17.4 Å². The molecule has 0 saturated heterocycles. The van der Waals surface area contributed by atoms with E-state index in [1.807, 2.05) is 0 Å². The molecule has 0 amide bonds. The average molecular weight is 198 g/mol. The van der Waals surface area contributed by atoms with Crippen molar-refractivity contribution in [2.24, 2.45) is 0 Å². The molecule has 0 radical (unpaired) electrons. The second-order valence-electron chi connectivity index (χ2n) is 2.89. The molecule has 0 spiro atoms. The molecule has 13 heavy (non-hydrogen) atoms. The molecule has 4 heteroatoms. The summed E-state index contributed by atoms with van der Waals surface area (Å²) in [5.74, 6) is 0. The van der Waals surface area contributed by atoms with Gasteiger partial charge in [-0.05, 0) is 12.1 Å². The van der Waals surface area contributed by atoms with Crippen LogP contribution >= 0.6 is 11.6 Å². The van der Waals surface area contributed by atoms with Crippen molar-refractivity contribution in [2.45, 2.75) is 12.2 Å². The first-order chi connectivity index (χ1) is 6.20. The van der Waals surface area contributed by atoms with Crippen LogP contribution in [0.5, 0.6) is 0 Å². The Hall–Kier alpha value is -0.900. The van der Waals surface area contributed by atoms with E-state index in [1.54, 1.807) is 18.3 Å². The minimum atomic E-state index is -0.971. The Kier molecular flexibility index (Phi) is 2.07. The molecule has 1 aliphatic carbocycles. The van der Waals surface area contributed by atoms with Crippen LogP contribution < -0.4 is 0 Å². The van der Waals surface area contributed by atoms with E-state index in [2.05, 4.69) is 4.98 Å². The molecule has 0 aliphatic heterocycles. The third kappa shape index (κ3) is 1.35. The molecule has 2 atom stereocenters. The van der Waals surface area contributed by atoms with Crippen molar-refractivity contribution >= 4 is 17.7 Å². The fraction of sp³-hybridized carbons (Fsp3) is 0.222. The van der Waals surface area contributed by atoms with Crippen molar-refractivity contribution in [1.29, 1.82) is 0 Å². The average Bonchev–Trinajstić information content (AvgIpc) is 2.12. The van der Waals surface area contributed by atoms with Gasteiger partial charge >= 0.3 is 0 Å². The van der Waals surface area contributed by atoms with Gasteiger partial charge in [0.1, 0.15) is 12.2 Å². The van der Waals surface area contributed by atoms with Gasteiger partial charge in [-0.2, -0.15) is 0 Å². The van der Waals surface area contributed by atoms with E-state index in [9.17, 15) is 10.2 Å². The second kappa shape index (κ2) is 3.10. The van der Waals surface area contributed by atoms with Crippen LogP contribution in [0.3, 0.4) is 0 Å². The number of fused-ring (bicyclic) bond motifs is 1. The molecule has 2 rings (SSSR count). The lowest BCUT2D eigenvalue weighted by Gasteiger charge is -2.21. The van der Waals surface area contributed by atoms with Gasteiger partial charge in [0.2, 0.25) is 0 Å². The van der Waals surface area contributed by atoms with Crippen molar-refractivity contribution in [3.8, 4) is 0 Å². The Morgan fingerprint density at radius 3 is 2.92 bits per heavy atom. The highest BCUT2D eigenvalue weighted by atomic mass is 35.5. The predicted octanol–water partition coefficient (Wildman–Crippen LogP) is 1.16. The summed E-state index contributed by atoms with van der Waals surface area (Å²) in [4.78, 5) is 4.02. The summed E-state index contributed by atoms with van der Waals surface area (Å²) in [6, 6.07) is 1.59. The summed E-state index contributed by atoms with van der Waals surface area (Å²) in [6.07, 6.45) is 2.85. The monoisotopic (exact) mass is 197 g/mol. The fourth-order valence-electron chi connectivity index (χ4n) is 1.36. The highest BCUT2D eigenvalue weighted by Gasteiger charge is 2.25. The normalized spacial score (nSPS) is 25.8. The maximum absolute atomic E-state index is 9.59. The quantitative estimate of drug-likeness (QED) is 0.656. The first kappa shape index (κ1) is 8.69. The van der Waals surface area contributed by atoms with Gasteiger partial charge in [0.05, 0.1) is 10.7 Å². The Labute approximate surface area is 80.3 Å². The van der Waals surface area contributed by atoms with Crippen LogP contribution in [0.15, 0.2) is 18.3 Å². The molecular weight excluding hydrogens is 190 g/mol. The van der Waals surface area contributed by atoms with Crippen LogP contribution in [0, 0.1) is 0 Å². The van der Waals surface area contributed by atoms with Crippen molar-refractivity contribution in [1.82, 2.24) is 4.98 Å². The van der Waals surface area contributed by atoms with Gasteiger partial charge in [0, 0.05) is 11.8 Å². The lowest BCUT2D eigenvalue weighted by molar-refractivity contribution is 0.0467. The van der Waals surface area contributed by atoms with E-state index < -0.39 is 12.2 Å². The first-order valence-corrected chi connectivity index (χ1v) is 4.26. The first-order valence-electron chi connectivity index (χ1n) is 3.89. The van der Waals surface area contributed by atoms with Crippen molar-refractivity contribution in [3.05, 3.63) is 34.6 Å². The summed E-state index contributed by atoms with van der Waals surface area (Å²) in [5.41, 5.74) is 1.12. The standard InChI is InChI=1S/C9H8ClNO2/c10-5-3-4-11-6-1-2-7(12)9(13)8(5)6/h1-4,7,9,12-13H/t7-,9-/m0/s1. The molecule has 0 aromatic carbocycles. The number of pyridine rings is 1. The van der Waals surface area contributed by atoms with Gasteiger partial charge < -0.3 is 10.2 Å². The van der Waals surface area contributed by atoms with E-state index in [0.717, 1.165) is 0 Å². The Morgan fingerprint density at radius 2 is 2.15 bits per heavy atom. The summed E-state index contributed by atoms with van der Waals surface area (Å²) in [5, 5.41) is 19.3. The zero-order valence-corrected chi connectivity index (χ0v) is 7.44. The SMILES string of the molecule is O[C@@H]1c2c(Cl)ccnc2C=C[C@@H]1O. The molecule has 3 nitrogen and oxygen atoms in total. The number of hydrogen-bond donors (Lipinski definition) is 2. The van der Waals surface area contributed by atoms with E-state index in [0.29, 0.717) is 16.3 Å². The number of aliphatic hydroxyl groups excluding tert-OH is 2. The molecule has 0 bridgehead atoms. The summed E-state index contributed by atoms with van der Waals surface area (Å²) in [6.45, 7) is 0. The van der Waals surface area contributed by atoms with Crippen LogP contribution in [0.25, 0.3) is 6.08 Å². The second-order valence-corrected chi connectivity index (χ2v) is 3.29. The van der Waals surface area contributed by atoms with Crippen molar-refractivity contribution < 1.29 is 10.2 Å². The highest BCUT2D eigenvalue weighted by Crippen LogP contribution is 2.31. The summed E-state index contributed by atoms with van der Waals surface area (Å²) < 4.78 is 0. The lowest BCUT2D eigenvalue weighted by Crippen LogP contribution is -2.20. The molecule has 1 aromatic rings. The van der Waals surface area contributed by atoms with E-state index in [1.165, 1.54) is 6.08 Å². The summed E-state index contributed by atoms with van der Waals surface area (Å²) in [7, 11) is 0. The fourth-order valence-corrected chi connectivity index (χ4v) is 1.62. The van der Waals surface area contributed by atoms with Crippen LogP contribution in [0.4, 0.5) is 0 Å². The molecule has 1 aliphatic rings. The van der Waals surface area contributed by atoms with E-state index >= 15 is 0 Å². The molecule has 0 fully saturated rings. The van der Waals surface area contributed by atoms with Gasteiger partial charge in [-0.15, -0.1) is 0 Å². The third-order valence-corrected chi connectivity index (χ3v) is 2.37. The van der Waals surface area contributed by atoms with Gasteiger partial charge in [0.15, 0.2) is 0 Å². The minimum Gasteiger partial charge on any atom is -0.386 e. The van der Waals surface area contributed by atoms with Gasteiger partial charge in [-0.3, -0.25) is 4.98 Å². The highest BCUT2D eigenvalue weighted by molar-refractivity contribution is 6.31. The smallest absolute Gasteiger partial charge is 0.112 e. The number of aromatic nitrogens is 1. The number of aliphatic hydroxyl groups is 2. The topological polar surface area (TPSA) is 53.4 Å². The molecule has 1 heterocycles. The zero-order valence-electron chi connectivity index (χ0n) is 6.68. The molecule has 68 valence electrons. The van der Waals surface area contributed by atoms with Crippen LogP contribution in [-0.2, 0) is 0 Å². The van der Waals surface area contributed by atoms with E-state index in [-0.39, 0.29) is 0 Å². The largest absolute Gasteiger partial charge is 0.386 e. The van der Waals surface area contributed by atoms with Crippen molar-refractivity contribution in [3.63, 3.8) is 0 Å². The summed E-state index contributed by atoms with van der Waals surface area (Å²) >= 11 is 5.86. The Morgan fingerprint density at radius 1 is 1.38 bits per heavy atom. The van der Waals surface area contributed by atoms with Gasteiger partial charge in [-0.25, -0.2) is 0 Å². The Balaban J connectivity index is 2.60. The number of hydrogen-bond acceptors (Lipinski definition) is 3. The Bertz CT molecular complexity index is 365. The predicted molar refractivity (Wildman–Crippen MR) is 49.2 cm³/mol. The molecule has 0 saturated carbocycles. The molecular formula is C9H8ClNO2.